The molecule has 1 aliphatic rings. The lowest BCUT2D eigenvalue weighted by atomic mass is 10.1. The Balaban J connectivity index is 1.85. The van der Waals surface area contributed by atoms with E-state index in [0.29, 0.717) is 19.3 Å². The molecule has 0 saturated carbocycles. The maximum absolute atomic E-state index is 6.04. The highest BCUT2D eigenvalue weighted by molar-refractivity contribution is 5.44. The molecule has 0 aromatic heterocycles. The second kappa shape index (κ2) is 7.50. The van der Waals surface area contributed by atoms with Crippen LogP contribution in [0.25, 0.3) is 0 Å². The van der Waals surface area contributed by atoms with Gasteiger partial charge in [0.1, 0.15) is 0 Å². The number of hydrogen-bond acceptors (Lipinski definition) is 4. The monoisotopic (exact) mass is 279 g/mol. The van der Waals surface area contributed by atoms with Crippen LogP contribution in [0.2, 0.25) is 0 Å². The van der Waals surface area contributed by atoms with E-state index in [0.717, 1.165) is 36.6 Å². The quantitative estimate of drug-likeness (QED) is 0.743. The highest BCUT2D eigenvalue weighted by Gasteiger charge is 2.16. The average Bonchev–Trinajstić information content (AvgIpc) is 2.89. The Bertz CT molecular complexity index is 420. The molecule has 1 N–H and O–H groups in total. The molecule has 1 aromatic carbocycles. The maximum atomic E-state index is 6.04. The summed E-state index contributed by atoms with van der Waals surface area (Å²) < 4.78 is 16.7. The molecule has 4 heteroatoms. The van der Waals surface area contributed by atoms with Gasteiger partial charge >= 0.3 is 0 Å². The van der Waals surface area contributed by atoms with Gasteiger partial charge in [-0.2, -0.15) is 0 Å². The van der Waals surface area contributed by atoms with Gasteiger partial charge in [0.05, 0.1) is 12.7 Å². The van der Waals surface area contributed by atoms with Crippen molar-refractivity contribution in [1.29, 1.82) is 0 Å². The van der Waals surface area contributed by atoms with Crippen molar-refractivity contribution in [2.45, 2.75) is 39.9 Å². The third kappa shape index (κ3) is 4.12. The molecule has 0 fully saturated rings. The molecule has 20 heavy (non-hydrogen) atoms. The summed E-state index contributed by atoms with van der Waals surface area (Å²) in [6.45, 7) is 9.41. The molecule has 0 bridgehead atoms. The van der Waals surface area contributed by atoms with Crippen molar-refractivity contribution in [1.82, 2.24) is 5.32 Å². The Hall–Kier alpha value is -1.26. The largest absolute Gasteiger partial charge is 0.454 e. The second-order valence-electron chi connectivity index (χ2n) is 5.49. The van der Waals surface area contributed by atoms with Crippen LogP contribution < -0.4 is 14.8 Å². The molecular weight excluding hydrogens is 254 g/mol. The summed E-state index contributed by atoms with van der Waals surface area (Å²) >= 11 is 0. The van der Waals surface area contributed by atoms with Gasteiger partial charge in [-0.15, -0.1) is 0 Å². The molecule has 1 aliphatic heterocycles. The van der Waals surface area contributed by atoms with Crippen LogP contribution in [0.5, 0.6) is 11.5 Å². The topological polar surface area (TPSA) is 39.7 Å². The third-order valence-electron chi connectivity index (χ3n) is 3.42. The first-order valence-corrected chi connectivity index (χ1v) is 7.41. The molecule has 1 heterocycles. The van der Waals surface area contributed by atoms with Crippen LogP contribution in [0.4, 0.5) is 0 Å². The van der Waals surface area contributed by atoms with E-state index in [9.17, 15) is 0 Å². The molecule has 1 atom stereocenters. The van der Waals surface area contributed by atoms with Gasteiger partial charge in [-0.05, 0) is 36.6 Å². The molecule has 0 saturated heterocycles. The summed E-state index contributed by atoms with van der Waals surface area (Å²) in [5, 5.41) is 3.42. The van der Waals surface area contributed by atoms with E-state index >= 15 is 0 Å². The molecule has 1 unspecified atom stereocenters. The van der Waals surface area contributed by atoms with E-state index in [1.165, 1.54) is 0 Å². The normalized spacial score (nSPS) is 14.8. The standard InChI is InChI=1S/C16H25NO3/c1-4-7-17-9-16(12(2)3)18-10-13-5-6-14-15(8-13)20-11-19-14/h5-6,8,12,16-17H,4,7,9-11H2,1-3H3. The van der Waals surface area contributed by atoms with E-state index < -0.39 is 0 Å². The van der Waals surface area contributed by atoms with Gasteiger partial charge in [0, 0.05) is 6.54 Å². The van der Waals surface area contributed by atoms with Crippen LogP contribution in [-0.4, -0.2) is 26.0 Å². The molecule has 0 radical (unpaired) electrons. The van der Waals surface area contributed by atoms with Crippen molar-refractivity contribution in [3.05, 3.63) is 23.8 Å². The van der Waals surface area contributed by atoms with Gasteiger partial charge in [-0.1, -0.05) is 26.8 Å². The number of ether oxygens (including phenoxy) is 3. The Kier molecular flexibility index (Phi) is 5.68. The lowest BCUT2D eigenvalue weighted by Gasteiger charge is -2.22. The average molecular weight is 279 g/mol. The number of hydrogen-bond donors (Lipinski definition) is 1. The molecule has 2 rings (SSSR count). The highest BCUT2D eigenvalue weighted by Crippen LogP contribution is 2.32. The van der Waals surface area contributed by atoms with Crippen LogP contribution in [0, 0.1) is 5.92 Å². The summed E-state index contributed by atoms with van der Waals surface area (Å²) in [6, 6.07) is 5.98. The van der Waals surface area contributed by atoms with Gasteiger partial charge in [0.15, 0.2) is 11.5 Å². The minimum Gasteiger partial charge on any atom is -0.454 e. The summed E-state index contributed by atoms with van der Waals surface area (Å²) in [6.07, 6.45) is 1.37. The van der Waals surface area contributed by atoms with Crippen molar-refractivity contribution in [2.75, 3.05) is 19.9 Å². The number of rotatable bonds is 8. The highest BCUT2D eigenvalue weighted by atomic mass is 16.7. The molecule has 1 aromatic rings. The zero-order chi connectivity index (χ0) is 14.4. The van der Waals surface area contributed by atoms with Crippen molar-refractivity contribution >= 4 is 0 Å². The SMILES string of the molecule is CCCNCC(OCc1ccc2c(c1)OCO2)C(C)C. The molecule has 0 amide bonds. The van der Waals surface area contributed by atoms with Crippen molar-refractivity contribution in [3.8, 4) is 11.5 Å². The van der Waals surface area contributed by atoms with Crippen LogP contribution in [0.3, 0.4) is 0 Å². The first-order chi connectivity index (χ1) is 9.70. The minimum absolute atomic E-state index is 0.229. The summed E-state index contributed by atoms with van der Waals surface area (Å²) in [5.74, 6) is 2.13. The van der Waals surface area contributed by atoms with Gasteiger partial charge in [0.25, 0.3) is 0 Å². The molecule has 4 nitrogen and oxygen atoms in total. The Morgan fingerprint density at radius 3 is 2.80 bits per heavy atom. The van der Waals surface area contributed by atoms with Crippen LogP contribution in [0.1, 0.15) is 32.8 Å². The smallest absolute Gasteiger partial charge is 0.231 e. The fraction of sp³-hybridized carbons (Fsp3) is 0.625. The summed E-state index contributed by atoms with van der Waals surface area (Å²) in [5.41, 5.74) is 1.12. The minimum atomic E-state index is 0.229. The fourth-order valence-corrected chi connectivity index (χ4v) is 2.14. The van der Waals surface area contributed by atoms with Gasteiger partial charge in [0.2, 0.25) is 6.79 Å². The number of nitrogens with one attached hydrogen (secondary N) is 1. The molecule has 0 spiro atoms. The summed E-state index contributed by atoms with van der Waals surface area (Å²) in [4.78, 5) is 0. The van der Waals surface area contributed by atoms with Crippen LogP contribution in [-0.2, 0) is 11.3 Å². The van der Waals surface area contributed by atoms with Gasteiger partial charge in [-0.3, -0.25) is 0 Å². The lowest BCUT2D eigenvalue weighted by molar-refractivity contribution is 0.0114. The lowest BCUT2D eigenvalue weighted by Crippen LogP contribution is -2.33. The van der Waals surface area contributed by atoms with Crippen molar-refractivity contribution in [2.24, 2.45) is 5.92 Å². The van der Waals surface area contributed by atoms with Crippen LogP contribution in [0.15, 0.2) is 18.2 Å². The fourth-order valence-electron chi connectivity index (χ4n) is 2.14. The zero-order valence-corrected chi connectivity index (χ0v) is 12.6. The number of fused-ring (bicyclic) bond motifs is 1. The zero-order valence-electron chi connectivity index (χ0n) is 12.6. The predicted molar refractivity (Wildman–Crippen MR) is 79.1 cm³/mol. The van der Waals surface area contributed by atoms with Gasteiger partial charge in [-0.25, -0.2) is 0 Å². The van der Waals surface area contributed by atoms with Crippen LogP contribution >= 0.6 is 0 Å². The van der Waals surface area contributed by atoms with Crippen molar-refractivity contribution < 1.29 is 14.2 Å². The van der Waals surface area contributed by atoms with E-state index in [1.54, 1.807) is 0 Å². The molecular formula is C16H25NO3. The Labute approximate surface area is 121 Å². The molecule has 112 valence electrons. The number of benzene rings is 1. The van der Waals surface area contributed by atoms with Crippen molar-refractivity contribution in [3.63, 3.8) is 0 Å². The molecule has 0 aliphatic carbocycles. The second-order valence-corrected chi connectivity index (χ2v) is 5.49. The van der Waals surface area contributed by atoms with E-state index in [-0.39, 0.29) is 6.10 Å². The van der Waals surface area contributed by atoms with E-state index in [4.69, 9.17) is 14.2 Å². The predicted octanol–water partition coefficient (Wildman–Crippen LogP) is 2.96. The first kappa shape index (κ1) is 15.1. The van der Waals surface area contributed by atoms with Gasteiger partial charge < -0.3 is 19.5 Å². The Morgan fingerprint density at radius 2 is 2.05 bits per heavy atom. The third-order valence-corrected chi connectivity index (χ3v) is 3.42. The summed E-state index contributed by atoms with van der Waals surface area (Å²) in [7, 11) is 0. The maximum Gasteiger partial charge on any atom is 0.231 e. The van der Waals surface area contributed by atoms with E-state index in [2.05, 4.69) is 26.1 Å². The van der Waals surface area contributed by atoms with E-state index in [1.807, 2.05) is 18.2 Å². The Morgan fingerprint density at radius 1 is 1.25 bits per heavy atom. The first-order valence-electron chi connectivity index (χ1n) is 7.41.